The van der Waals surface area contributed by atoms with E-state index in [1.165, 1.54) is 0 Å². The molecule has 2 fully saturated rings. The fourth-order valence-electron chi connectivity index (χ4n) is 2.39. The van der Waals surface area contributed by atoms with Crippen LogP contribution in [-0.2, 0) is 0 Å². The molecule has 1 N–H and O–H groups in total. The summed E-state index contributed by atoms with van der Waals surface area (Å²) >= 11 is 1.58. The highest BCUT2D eigenvalue weighted by Crippen LogP contribution is 2.14. The molecule has 0 radical (unpaired) electrons. The van der Waals surface area contributed by atoms with Crippen LogP contribution in [-0.4, -0.2) is 61.0 Å². The van der Waals surface area contributed by atoms with Gasteiger partial charge in [0.25, 0.3) is 5.91 Å². The first-order chi connectivity index (χ1) is 8.34. The molecule has 2 saturated heterocycles. The summed E-state index contributed by atoms with van der Waals surface area (Å²) in [7, 11) is 0. The molecule has 0 bridgehead atoms. The Hall–Kier alpha value is -0.910. The van der Waals surface area contributed by atoms with Crippen LogP contribution >= 0.6 is 11.3 Å². The van der Waals surface area contributed by atoms with Crippen molar-refractivity contribution in [3.63, 3.8) is 0 Å². The number of hydrogen-bond acceptors (Lipinski definition) is 4. The summed E-state index contributed by atoms with van der Waals surface area (Å²) in [6.07, 6.45) is 0. The zero-order chi connectivity index (χ0) is 11.7. The minimum Gasteiger partial charge on any atom is -0.336 e. The van der Waals surface area contributed by atoms with Crippen LogP contribution < -0.4 is 5.32 Å². The van der Waals surface area contributed by atoms with E-state index in [1.807, 2.05) is 21.7 Å². The van der Waals surface area contributed by atoms with Gasteiger partial charge < -0.3 is 10.2 Å². The average Bonchev–Trinajstić information content (AvgIpc) is 2.80. The molecular weight excluding hydrogens is 234 g/mol. The van der Waals surface area contributed by atoms with E-state index < -0.39 is 0 Å². The second-order valence-electron chi connectivity index (χ2n) is 4.65. The summed E-state index contributed by atoms with van der Waals surface area (Å²) in [5.41, 5.74) is 0.841. The van der Waals surface area contributed by atoms with Crippen molar-refractivity contribution in [2.75, 3.05) is 39.3 Å². The number of piperazine rings is 1. The van der Waals surface area contributed by atoms with E-state index in [2.05, 4.69) is 10.2 Å². The van der Waals surface area contributed by atoms with E-state index in [1.54, 1.807) is 11.3 Å². The summed E-state index contributed by atoms with van der Waals surface area (Å²) in [5.74, 6) is 0.192. The molecule has 3 rings (SSSR count). The zero-order valence-electron chi connectivity index (χ0n) is 9.76. The molecule has 2 aliphatic heterocycles. The van der Waals surface area contributed by atoms with Crippen LogP contribution in [0.25, 0.3) is 0 Å². The number of carbonyl (C=O) groups is 1. The minimum atomic E-state index is 0.192. The van der Waals surface area contributed by atoms with Crippen molar-refractivity contribution in [1.29, 1.82) is 0 Å². The van der Waals surface area contributed by atoms with Crippen LogP contribution in [0.15, 0.2) is 16.8 Å². The number of nitrogens with one attached hydrogen (secondary N) is 1. The van der Waals surface area contributed by atoms with Crippen LogP contribution in [0, 0.1) is 0 Å². The molecular formula is C12H17N3OS. The zero-order valence-corrected chi connectivity index (χ0v) is 10.6. The number of hydrogen-bond donors (Lipinski definition) is 1. The standard InChI is InChI=1S/C12H17N3OS/c16-12(10-1-6-17-9-10)15-4-2-14(3-5-15)11-7-13-8-11/h1,6,9,11,13H,2-5,7-8H2. The van der Waals surface area contributed by atoms with Gasteiger partial charge in [0, 0.05) is 50.7 Å². The van der Waals surface area contributed by atoms with Crippen LogP contribution in [0.3, 0.4) is 0 Å². The third-order valence-electron chi connectivity index (χ3n) is 3.65. The predicted octanol–water partition coefficient (Wildman–Crippen LogP) is 0.478. The molecule has 1 amide bonds. The van der Waals surface area contributed by atoms with Crippen molar-refractivity contribution < 1.29 is 4.79 Å². The molecule has 0 saturated carbocycles. The molecule has 0 atom stereocenters. The van der Waals surface area contributed by atoms with Gasteiger partial charge >= 0.3 is 0 Å². The first kappa shape index (κ1) is 11.2. The number of rotatable bonds is 2. The van der Waals surface area contributed by atoms with Gasteiger partial charge in [-0.15, -0.1) is 0 Å². The summed E-state index contributed by atoms with van der Waals surface area (Å²) < 4.78 is 0. The Morgan fingerprint density at radius 2 is 2.06 bits per heavy atom. The summed E-state index contributed by atoms with van der Waals surface area (Å²) in [6.45, 7) is 5.98. The van der Waals surface area contributed by atoms with E-state index in [0.29, 0.717) is 6.04 Å². The molecule has 0 aromatic carbocycles. The van der Waals surface area contributed by atoms with Crippen LogP contribution in [0.1, 0.15) is 10.4 Å². The molecule has 0 unspecified atom stereocenters. The van der Waals surface area contributed by atoms with Crippen LogP contribution in [0.4, 0.5) is 0 Å². The van der Waals surface area contributed by atoms with E-state index >= 15 is 0 Å². The Morgan fingerprint density at radius 1 is 1.29 bits per heavy atom. The van der Waals surface area contributed by atoms with Crippen molar-refractivity contribution in [1.82, 2.24) is 15.1 Å². The Kier molecular flexibility index (Phi) is 3.13. The van der Waals surface area contributed by atoms with Crippen LogP contribution in [0.5, 0.6) is 0 Å². The number of nitrogens with zero attached hydrogens (tertiary/aromatic N) is 2. The van der Waals surface area contributed by atoms with Gasteiger partial charge in [-0.2, -0.15) is 11.3 Å². The lowest BCUT2D eigenvalue weighted by Crippen LogP contribution is -2.62. The second kappa shape index (κ2) is 4.76. The molecule has 1 aromatic heterocycles. The maximum atomic E-state index is 12.1. The largest absolute Gasteiger partial charge is 0.336 e. The van der Waals surface area contributed by atoms with E-state index in [4.69, 9.17) is 0 Å². The Bertz CT molecular complexity index is 380. The van der Waals surface area contributed by atoms with Gasteiger partial charge in [-0.1, -0.05) is 0 Å². The van der Waals surface area contributed by atoms with Gasteiger partial charge in [0.05, 0.1) is 5.56 Å². The average molecular weight is 251 g/mol. The fraction of sp³-hybridized carbons (Fsp3) is 0.583. The third-order valence-corrected chi connectivity index (χ3v) is 4.33. The highest BCUT2D eigenvalue weighted by atomic mass is 32.1. The lowest BCUT2D eigenvalue weighted by molar-refractivity contribution is 0.0502. The van der Waals surface area contributed by atoms with Gasteiger partial charge in [0.1, 0.15) is 0 Å². The maximum absolute atomic E-state index is 12.1. The van der Waals surface area contributed by atoms with Crippen molar-refractivity contribution in [3.05, 3.63) is 22.4 Å². The Balaban J connectivity index is 1.55. The van der Waals surface area contributed by atoms with Crippen LogP contribution in [0.2, 0.25) is 0 Å². The highest BCUT2D eigenvalue weighted by Gasteiger charge is 2.29. The monoisotopic (exact) mass is 251 g/mol. The molecule has 4 nitrogen and oxygen atoms in total. The smallest absolute Gasteiger partial charge is 0.254 e. The van der Waals surface area contributed by atoms with E-state index in [9.17, 15) is 4.79 Å². The summed E-state index contributed by atoms with van der Waals surface area (Å²) in [4.78, 5) is 16.6. The van der Waals surface area contributed by atoms with Crippen molar-refractivity contribution in [2.24, 2.45) is 0 Å². The topological polar surface area (TPSA) is 35.6 Å². The lowest BCUT2D eigenvalue weighted by atomic mass is 10.1. The number of thiophene rings is 1. The number of carbonyl (C=O) groups excluding carboxylic acids is 1. The van der Waals surface area contributed by atoms with Crippen molar-refractivity contribution >= 4 is 17.2 Å². The first-order valence-corrected chi connectivity index (χ1v) is 7.05. The molecule has 3 heterocycles. The Labute approximate surface area is 105 Å². The van der Waals surface area contributed by atoms with Gasteiger partial charge in [-0.3, -0.25) is 9.69 Å². The molecule has 1 aromatic rings. The molecule has 17 heavy (non-hydrogen) atoms. The van der Waals surface area contributed by atoms with Crippen molar-refractivity contribution in [3.8, 4) is 0 Å². The maximum Gasteiger partial charge on any atom is 0.254 e. The third kappa shape index (κ3) is 2.22. The van der Waals surface area contributed by atoms with Gasteiger partial charge in [-0.25, -0.2) is 0 Å². The summed E-state index contributed by atoms with van der Waals surface area (Å²) in [5, 5.41) is 7.19. The van der Waals surface area contributed by atoms with Gasteiger partial charge in [0.15, 0.2) is 0 Å². The first-order valence-electron chi connectivity index (χ1n) is 6.11. The predicted molar refractivity (Wildman–Crippen MR) is 68.5 cm³/mol. The molecule has 92 valence electrons. The van der Waals surface area contributed by atoms with E-state index in [0.717, 1.165) is 44.8 Å². The normalized spacial score (nSPS) is 22.5. The van der Waals surface area contributed by atoms with Gasteiger partial charge in [0.2, 0.25) is 0 Å². The fourth-order valence-corrected chi connectivity index (χ4v) is 3.02. The highest BCUT2D eigenvalue weighted by molar-refractivity contribution is 7.08. The molecule has 5 heteroatoms. The second-order valence-corrected chi connectivity index (χ2v) is 5.43. The minimum absolute atomic E-state index is 0.192. The number of amides is 1. The van der Waals surface area contributed by atoms with Crippen molar-refractivity contribution in [2.45, 2.75) is 6.04 Å². The molecule has 0 spiro atoms. The quantitative estimate of drug-likeness (QED) is 0.830. The summed E-state index contributed by atoms with van der Waals surface area (Å²) in [6, 6.07) is 2.61. The van der Waals surface area contributed by atoms with E-state index in [-0.39, 0.29) is 5.91 Å². The molecule has 2 aliphatic rings. The Morgan fingerprint density at radius 3 is 2.59 bits per heavy atom. The SMILES string of the molecule is O=C(c1ccsc1)N1CCN(C2CNC2)CC1. The van der Waals surface area contributed by atoms with Gasteiger partial charge in [-0.05, 0) is 11.4 Å². The lowest BCUT2D eigenvalue weighted by Gasteiger charge is -2.43. The molecule has 0 aliphatic carbocycles.